The monoisotopic (exact) mass is 209 g/mol. The topological polar surface area (TPSA) is 43.4 Å². The van der Waals surface area contributed by atoms with E-state index in [1.54, 1.807) is 6.92 Å². The minimum Gasteiger partial charge on any atom is -0.463 e. The maximum absolute atomic E-state index is 11.7. The molecule has 3 aliphatic carbocycles. The predicted molar refractivity (Wildman–Crippen MR) is 55.2 cm³/mol. The molecule has 0 heterocycles. The maximum Gasteiger partial charge on any atom is 0.330 e. The Labute approximate surface area is 90.9 Å². The number of ether oxygens (including phenoxy) is 1. The molecule has 15 heavy (non-hydrogen) atoms. The SMILES string of the molecule is [2H]/C(C(=O)OCC)=C1\C[C@H]2CC[C@@H]1C(=O)C2. The zero-order valence-corrected chi connectivity index (χ0v) is 8.91. The summed E-state index contributed by atoms with van der Waals surface area (Å²) in [7, 11) is 0. The van der Waals surface area contributed by atoms with Crippen LogP contribution in [0.15, 0.2) is 11.6 Å². The first-order chi connectivity index (χ1) is 7.63. The molecule has 0 N–H and O–H groups in total. The van der Waals surface area contributed by atoms with Crippen molar-refractivity contribution < 1.29 is 15.7 Å². The highest BCUT2D eigenvalue weighted by Gasteiger charge is 2.37. The second-order valence-electron chi connectivity index (χ2n) is 4.24. The van der Waals surface area contributed by atoms with Gasteiger partial charge in [0.25, 0.3) is 0 Å². The number of hydrogen-bond donors (Lipinski definition) is 0. The summed E-state index contributed by atoms with van der Waals surface area (Å²) in [6.07, 6.45) is 3.22. The third-order valence-electron chi connectivity index (χ3n) is 3.21. The quantitative estimate of drug-likeness (QED) is 0.515. The Bertz CT molecular complexity index is 359. The first-order valence-corrected chi connectivity index (χ1v) is 5.53. The summed E-state index contributed by atoms with van der Waals surface area (Å²) in [5.41, 5.74) is 0.714. The van der Waals surface area contributed by atoms with Crippen molar-refractivity contribution in [3.05, 3.63) is 11.6 Å². The number of ketones is 1. The van der Waals surface area contributed by atoms with E-state index < -0.39 is 5.97 Å². The summed E-state index contributed by atoms with van der Waals surface area (Å²) in [5.74, 6) is -0.214. The minimum absolute atomic E-state index is 0.0791. The second-order valence-corrected chi connectivity index (χ2v) is 4.24. The first-order valence-electron chi connectivity index (χ1n) is 6.03. The molecule has 0 saturated heterocycles. The molecule has 0 spiro atoms. The molecule has 0 aromatic rings. The molecule has 3 aliphatic rings. The van der Waals surface area contributed by atoms with Crippen LogP contribution in [0.4, 0.5) is 0 Å². The molecular weight excluding hydrogens is 192 g/mol. The second kappa shape index (κ2) is 4.17. The highest BCUT2D eigenvalue weighted by molar-refractivity contribution is 5.89. The molecule has 82 valence electrons. The number of fused-ring (bicyclic) bond motifs is 3. The maximum atomic E-state index is 11.7. The Morgan fingerprint density at radius 1 is 1.60 bits per heavy atom. The molecule has 0 unspecified atom stereocenters. The largest absolute Gasteiger partial charge is 0.463 e. The number of esters is 1. The molecule has 0 amide bonds. The van der Waals surface area contributed by atoms with Crippen LogP contribution in [-0.4, -0.2) is 18.4 Å². The van der Waals surface area contributed by atoms with E-state index in [-0.39, 0.29) is 24.4 Å². The Hall–Kier alpha value is -1.12. The molecule has 3 heteroatoms. The molecule has 3 nitrogen and oxygen atoms in total. The van der Waals surface area contributed by atoms with E-state index in [1.165, 1.54) is 0 Å². The van der Waals surface area contributed by atoms with Gasteiger partial charge in [-0.1, -0.05) is 5.57 Å². The van der Waals surface area contributed by atoms with Crippen LogP contribution in [0.2, 0.25) is 0 Å². The van der Waals surface area contributed by atoms with Crippen molar-refractivity contribution in [3.8, 4) is 0 Å². The standard InChI is InChI=1S/C12H16O3/c1-2-15-12(14)7-9-5-8-3-4-10(9)11(13)6-8/h7-8,10H,2-6H2,1H3/b9-7-/t8-,10+/m1/s1/i7D. The number of carbonyl (C=O) groups is 2. The van der Waals surface area contributed by atoms with Crippen molar-refractivity contribution in [2.75, 3.05) is 6.61 Å². The van der Waals surface area contributed by atoms with Crippen LogP contribution in [0.5, 0.6) is 0 Å². The van der Waals surface area contributed by atoms with Crippen molar-refractivity contribution in [1.82, 2.24) is 0 Å². The zero-order valence-electron chi connectivity index (χ0n) is 9.91. The minimum atomic E-state index is -0.585. The molecule has 2 atom stereocenters. The molecule has 3 saturated carbocycles. The Morgan fingerprint density at radius 3 is 3.00 bits per heavy atom. The molecule has 3 fully saturated rings. The summed E-state index contributed by atoms with van der Waals surface area (Å²) in [6, 6.07) is -0.0791. The highest BCUT2D eigenvalue weighted by Crippen LogP contribution is 2.42. The summed E-state index contributed by atoms with van der Waals surface area (Å²) in [4.78, 5) is 23.1. The average Bonchev–Trinajstić information content (AvgIpc) is 2.28. The van der Waals surface area contributed by atoms with Gasteiger partial charge in [-0.05, 0) is 32.1 Å². The van der Waals surface area contributed by atoms with Crippen LogP contribution in [0, 0.1) is 11.8 Å². The van der Waals surface area contributed by atoms with Crippen molar-refractivity contribution in [2.24, 2.45) is 11.8 Å². The van der Waals surface area contributed by atoms with Crippen molar-refractivity contribution in [1.29, 1.82) is 0 Å². The third-order valence-corrected chi connectivity index (χ3v) is 3.21. The number of Topliss-reactive ketones (excluding diaryl/α,β-unsaturated/α-hetero) is 1. The van der Waals surface area contributed by atoms with Gasteiger partial charge >= 0.3 is 5.97 Å². The fourth-order valence-electron chi connectivity index (χ4n) is 2.52. The van der Waals surface area contributed by atoms with Gasteiger partial charge in [-0.2, -0.15) is 0 Å². The van der Waals surface area contributed by atoms with Crippen molar-refractivity contribution in [3.63, 3.8) is 0 Å². The van der Waals surface area contributed by atoms with Gasteiger partial charge in [-0.15, -0.1) is 0 Å². The van der Waals surface area contributed by atoms with E-state index in [4.69, 9.17) is 6.11 Å². The average molecular weight is 209 g/mol. The van der Waals surface area contributed by atoms with Crippen LogP contribution < -0.4 is 0 Å². The van der Waals surface area contributed by atoms with Crippen LogP contribution in [0.25, 0.3) is 0 Å². The van der Waals surface area contributed by atoms with E-state index in [9.17, 15) is 9.59 Å². The highest BCUT2D eigenvalue weighted by atomic mass is 16.5. The molecule has 0 aliphatic heterocycles. The van der Waals surface area contributed by atoms with Gasteiger partial charge < -0.3 is 4.74 Å². The summed E-state index contributed by atoms with van der Waals surface area (Å²) in [5, 5.41) is 0. The number of rotatable bonds is 2. The fourth-order valence-corrected chi connectivity index (χ4v) is 2.52. The Balaban J connectivity index is 2.23. The first kappa shape index (κ1) is 9.13. The lowest BCUT2D eigenvalue weighted by Crippen LogP contribution is -2.33. The Morgan fingerprint density at radius 2 is 2.40 bits per heavy atom. The summed E-state index contributed by atoms with van der Waals surface area (Å²) in [6.45, 7) is 1.99. The van der Waals surface area contributed by atoms with Gasteiger partial charge in [-0.3, -0.25) is 4.79 Å². The lowest BCUT2D eigenvalue weighted by Gasteiger charge is -2.36. The van der Waals surface area contributed by atoms with Gasteiger partial charge in [0.1, 0.15) is 5.78 Å². The van der Waals surface area contributed by atoms with E-state index in [2.05, 4.69) is 0 Å². The van der Waals surface area contributed by atoms with Crippen molar-refractivity contribution >= 4 is 11.8 Å². The van der Waals surface area contributed by atoms with Gasteiger partial charge in [-0.25, -0.2) is 4.79 Å². The predicted octanol–water partition coefficient (Wildman–Crippen LogP) is 1.86. The van der Waals surface area contributed by atoms with Crippen LogP contribution in [0.1, 0.15) is 34.0 Å². The molecule has 3 rings (SSSR count). The molecule has 0 aromatic heterocycles. The lowest BCUT2D eigenvalue weighted by molar-refractivity contribution is -0.137. The molecule has 0 aromatic carbocycles. The van der Waals surface area contributed by atoms with Crippen molar-refractivity contribution in [2.45, 2.75) is 32.6 Å². The van der Waals surface area contributed by atoms with E-state index in [1.807, 2.05) is 0 Å². The third kappa shape index (κ3) is 2.11. The van der Waals surface area contributed by atoms with E-state index >= 15 is 0 Å². The number of hydrogen-bond acceptors (Lipinski definition) is 3. The van der Waals surface area contributed by atoms with E-state index in [0.29, 0.717) is 17.9 Å². The van der Waals surface area contributed by atoms with E-state index in [0.717, 1.165) is 19.3 Å². The Kier molecular flexibility index (Phi) is 2.54. The number of carbonyl (C=O) groups excluding carboxylic acids is 2. The van der Waals surface area contributed by atoms with Crippen LogP contribution in [-0.2, 0) is 14.3 Å². The van der Waals surface area contributed by atoms with Crippen LogP contribution in [0.3, 0.4) is 0 Å². The fraction of sp³-hybridized carbons (Fsp3) is 0.667. The van der Waals surface area contributed by atoms with Gasteiger partial charge in [0.2, 0.25) is 0 Å². The van der Waals surface area contributed by atoms with Crippen LogP contribution >= 0.6 is 0 Å². The summed E-state index contributed by atoms with van der Waals surface area (Å²) < 4.78 is 12.6. The molecule has 0 radical (unpaired) electrons. The van der Waals surface area contributed by atoms with Gasteiger partial charge in [0, 0.05) is 18.4 Å². The zero-order chi connectivity index (χ0) is 11.7. The molecule has 2 bridgehead atoms. The molecular formula is C12H16O3. The number of allylic oxidation sites excluding steroid dienone is 1. The van der Waals surface area contributed by atoms with Gasteiger partial charge in [0.15, 0.2) is 0 Å². The van der Waals surface area contributed by atoms with Gasteiger partial charge in [0.05, 0.1) is 7.98 Å². The normalized spacial score (nSPS) is 33.7. The smallest absolute Gasteiger partial charge is 0.330 e. The lowest BCUT2D eigenvalue weighted by atomic mass is 9.67. The summed E-state index contributed by atoms with van der Waals surface area (Å²) >= 11 is 0.